The molecular formula is C12H22N4. The summed E-state index contributed by atoms with van der Waals surface area (Å²) < 4.78 is 2.12. The quantitative estimate of drug-likeness (QED) is 0.836. The first-order valence-corrected chi connectivity index (χ1v) is 6.15. The number of piperazine rings is 1. The van der Waals surface area contributed by atoms with Gasteiger partial charge in [0.05, 0.1) is 5.69 Å². The monoisotopic (exact) mass is 222 g/mol. The maximum Gasteiger partial charge on any atom is 0.0527 e. The molecule has 2 heterocycles. The zero-order valence-electron chi connectivity index (χ0n) is 10.5. The molecule has 16 heavy (non-hydrogen) atoms. The number of hydrogen-bond acceptors (Lipinski definition) is 3. The van der Waals surface area contributed by atoms with Crippen molar-refractivity contribution in [2.24, 2.45) is 0 Å². The van der Waals surface area contributed by atoms with Crippen LogP contribution in [0.5, 0.6) is 0 Å². The van der Waals surface area contributed by atoms with Crippen molar-refractivity contribution in [3.05, 3.63) is 18.0 Å². The number of aromatic nitrogens is 2. The molecule has 0 amide bonds. The highest BCUT2D eigenvalue weighted by Crippen LogP contribution is 2.13. The van der Waals surface area contributed by atoms with E-state index >= 15 is 0 Å². The smallest absolute Gasteiger partial charge is 0.0527 e. The molecular weight excluding hydrogens is 200 g/mol. The van der Waals surface area contributed by atoms with Crippen LogP contribution in [-0.2, 0) is 6.54 Å². The zero-order valence-corrected chi connectivity index (χ0v) is 10.5. The van der Waals surface area contributed by atoms with Crippen molar-refractivity contribution in [3.8, 4) is 0 Å². The van der Waals surface area contributed by atoms with Gasteiger partial charge in [0.2, 0.25) is 0 Å². The van der Waals surface area contributed by atoms with Crippen molar-refractivity contribution in [1.29, 1.82) is 0 Å². The summed E-state index contributed by atoms with van der Waals surface area (Å²) in [6.07, 6.45) is 1.90. The third-order valence-electron chi connectivity index (χ3n) is 3.25. The highest BCUT2D eigenvalue weighted by Gasteiger charge is 2.19. The van der Waals surface area contributed by atoms with Crippen LogP contribution < -0.4 is 5.32 Å². The summed E-state index contributed by atoms with van der Waals surface area (Å²) in [5.41, 5.74) is 1.32. The van der Waals surface area contributed by atoms with Crippen LogP contribution in [0.4, 0.5) is 0 Å². The minimum absolute atomic E-state index is 0.447. The number of rotatable bonds is 3. The fraction of sp³-hybridized carbons (Fsp3) is 0.750. The zero-order chi connectivity index (χ0) is 11.5. The van der Waals surface area contributed by atoms with E-state index in [2.05, 4.69) is 46.8 Å². The van der Waals surface area contributed by atoms with Crippen molar-refractivity contribution in [3.63, 3.8) is 0 Å². The Balaban J connectivity index is 2.04. The van der Waals surface area contributed by atoms with E-state index in [-0.39, 0.29) is 0 Å². The van der Waals surface area contributed by atoms with Gasteiger partial charge in [-0.05, 0) is 26.8 Å². The van der Waals surface area contributed by atoms with Gasteiger partial charge in [-0.2, -0.15) is 5.10 Å². The second-order valence-electron chi connectivity index (χ2n) is 4.88. The van der Waals surface area contributed by atoms with Gasteiger partial charge in [-0.15, -0.1) is 0 Å². The normalized spacial score (nSPS) is 22.9. The lowest BCUT2D eigenvalue weighted by atomic mass is 10.2. The first kappa shape index (κ1) is 11.6. The molecule has 0 radical (unpaired) electrons. The van der Waals surface area contributed by atoms with Gasteiger partial charge in [-0.1, -0.05) is 0 Å². The summed E-state index contributed by atoms with van der Waals surface area (Å²) in [5.74, 6) is 0. The van der Waals surface area contributed by atoms with Crippen molar-refractivity contribution in [2.45, 2.75) is 39.4 Å². The molecule has 0 spiro atoms. The molecule has 1 N–H and O–H groups in total. The Bertz CT molecular complexity index is 332. The lowest BCUT2D eigenvalue weighted by Crippen LogP contribution is -2.49. The van der Waals surface area contributed by atoms with E-state index in [9.17, 15) is 0 Å². The molecule has 90 valence electrons. The molecule has 4 nitrogen and oxygen atoms in total. The third-order valence-corrected chi connectivity index (χ3v) is 3.25. The Labute approximate surface area is 97.6 Å². The van der Waals surface area contributed by atoms with E-state index in [1.807, 2.05) is 6.20 Å². The molecule has 1 fully saturated rings. The fourth-order valence-electron chi connectivity index (χ4n) is 2.26. The topological polar surface area (TPSA) is 33.1 Å². The summed E-state index contributed by atoms with van der Waals surface area (Å²) in [6, 6.07) is 3.20. The van der Waals surface area contributed by atoms with Crippen molar-refractivity contribution in [1.82, 2.24) is 20.0 Å². The van der Waals surface area contributed by atoms with Gasteiger partial charge in [0, 0.05) is 44.5 Å². The van der Waals surface area contributed by atoms with E-state index in [0.717, 1.165) is 26.2 Å². The highest BCUT2D eigenvalue weighted by atomic mass is 15.3. The van der Waals surface area contributed by atoms with E-state index < -0.39 is 0 Å². The molecule has 0 aromatic carbocycles. The largest absolute Gasteiger partial charge is 0.314 e. The first-order chi connectivity index (χ1) is 7.68. The van der Waals surface area contributed by atoms with Crippen molar-refractivity contribution >= 4 is 0 Å². The molecule has 4 heteroatoms. The lowest BCUT2D eigenvalue weighted by molar-refractivity contribution is 0.160. The van der Waals surface area contributed by atoms with Crippen LogP contribution in [0.2, 0.25) is 0 Å². The standard InChI is InChI=1S/C12H22N4/c1-10(2)16-12(4-5-14-16)9-15-7-6-13-8-11(15)3/h4-5,10-11,13H,6-9H2,1-3H3/t11-/m0/s1. The van der Waals surface area contributed by atoms with Crippen LogP contribution in [0.1, 0.15) is 32.5 Å². The number of hydrogen-bond donors (Lipinski definition) is 1. The Morgan fingerprint density at radius 1 is 1.56 bits per heavy atom. The minimum atomic E-state index is 0.447. The summed E-state index contributed by atoms with van der Waals surface area (Å²) in [5, 5.41) is 7.80. The van der Waals surface area contributed by atoms with Gasteiger partial charge in [-0.3, -0.25) is 9.58 Å². The van der Waals surface area contributed by atoms with Gasteiger partial charge in [0.1, 0.15) is 0 Å². The number of nitrogens with one attached hydrogen (secondary N) is 1. The van der Waals surface area contributed by atoms with Gasteiger partial charge in [-0.25, -0.2) is 0 Å². The van der Waals surface area contributed by atoms with Crippen LogP contribution in [0.25, 0.3) is 0 Å². The maximum absolute atomic E-state index is 4.38. The predicted octanol–water partition coefficient (Wildman–Crippen LogP) is 1.26. The second-order valence-corrected chi connectivity index (χ2v) is 4.88. The SMILES string of the molecule is CC(C)n1nccc1CN1CCNC[C@@H]1C. The van der Waals surface area contributed by atoms with Crippen LogP contribution in [0.3, 0.4) is 0 Å². The fourth-order valence-corrected chi connectivity index (χ4v) is 2.26. The van der Waals surface area contributed by atoms with Crippen LogP contribution in [0.15, 0.2) is 12.3 Å². The number of nitrogens with zero attached hydrogens (tertiary/aromatic N) is 3. The van der Waals surface area contributed by atoms with Crippen molar-refractivity contribution in [2.75, 3.05) is 19.6 Å². The third kappa shape index (κ3) is 2.44. The summed E-state index contributed by atoms with van der Waals surface area (Å²) in [6.45, 7) is 11.0. The summed E-state index contributed by atoms with van der Waals surface area (Å²) in [7, 11) is 0. The Hall–Kier alpha value is -0.870. The second kappa shape index (κ2) is 4.97. The van der Waals surface area contributed by atoms with Gasteiger partial charge >= 0.3 is 0 Å². The van der Waals surface area contributed by atoms with Crippen LogP contribution >= 0.6 is 0 Å². The average molecular weight is 222 g/mol. The summed E-state index contributed by atoms with van der Waals surface area (Å²) >= 11 is 0. The molecule has 0 aliphatic carbocycles. The lowest BCUT2D eigenvalue weighted by Gasteiger charge is -2.34. The first-order valence-electron chi connectivity index (χ1n) is 6.15. The average Bonchev–Trinajstić information content (AvgIpc) is 2.69. The molecule has 1 aliphatic heterocycles. The minimum Gasteiger partial charge on any atom is -0.314 e. The molecule has 0 saturated carbocycles. The van der Waals surface area contributed by atoms with Crippen LogP contribution in [-0.4, -0.2) is 40.4 Å². The maximum atomic E-state index is 4.38. The van der Waals surface area contributed by atoms with E-state index in [1.54, 1.807) is 0 Å². The Morgan fingerprint density at radius 3 is 3.06 bits per heavy atom. The van der Waals surface area contributed by atoms with Crippen LogP contribution in [0, 0.1) is 0 Å². The summed E-state index contributed by atoms with van der Waals surface area (Å²) in [4.78, 5) is 2.52. The van der Waals surface area contributed by atoms with Gasteiger partial charge in [0.25, 0.3) is 0 Å². The molecule has 0 unspecified atom stereocenters. The molecule has 0 bridgehead atoms. The predicted molar refractivity (Wildman–Crippen MR) is 65.4 cm³/mol. The Kier molecular flexibility index (Phi) is 3.61. The van der Waals surface area contributed by atoms with E-state index in [1.165, 1.54) is 5.69 Å². The molecule has 1 atom stereocenters. The molecule has 2 rings (SSSR count). The van der Waals surface area contributed by atoms with Crippen molar-refractivity contribution < 1.29 is 0 Å². The van der Waals surface area contributed by atoms with Gasteiger partial charge in [0.15, 0.2) is 0 Å². The molecule has 1 aromatic rings. The van der Waals surface area contributed by atoms with E-state index in [0.29, 0.717) is 12.1 Å². The van der Waals surface area contributed by atoms with Gasteiger partial charge < -0.3 is 5.32 Å². The molecule has 1 saturated heterocycles. The molecule has 1 aromatic heterocycles. The van der Waals surface area contributed by atoms with E-state index in [4.69, 9.17) is 0 Å². The highest BCUT2D eigenvalue weighted by molar-refractivity contribution is 5.02. The molecule has 1 aliphatic rings. The Morgan fingerprint density at radius 2 is 2.38 bits per heavy atom.